The van der Waals surface area contributed by atoms with Crippen molar-refractivity contribution in [1.82, 2.24) is 14.9 Å². The number of amides is 1. The van der Waals surface area contributed by atoms with Gasteiger partial charge in [-0.25, -0.2) is 9.78 Å². The summed E-state index contributed by atoms with van der Waals surface area (Å²) in [5.74, 6) is 1.05. The van der Waals surface area contributed by atoms with E-state index in [0.717, 1.165) is 42.3 Å². The number of nitrogen functional groups attached to an aromatic ring is 1. The summed E-state index contributed by atoms with van der Waals surface area (Å²) in [5.41, 5.74) is 8.54. The molecule has 2 saturated carbocycles. The molecule has 1 heterocycles. The number of Topliss-reactive ketones (excluding diaryl/α,β-unsaturated/α-hetero) is 1. The summed E-state index contributed by atoms with van der Waals surface area (Å²) in [7, 11) is 0. The molecule has 2 aromatic rings. The second-order valence-corrected chi connectivity index (χ2v) is 10.1. The van der Waals surface area contributed by atoms with Crippen LogP contribution in [0, 0.1) is 5.92 Å². The molecule has 2 aliphatic carbocycles. The number of ether oxygens (including phenoxy) is 1. The van der Waals surface area contributed by atoms with Crippen LogP contribution in [-0.2, 0) is 16.0 Å². The van der Waals surface area contributed by atoms with E-state index in [2.05, 4.69) is 14.9 Å². The lowest BCUT2D eigenvalue weighted by Gasteiger charge is -2.37. The molecular weight excluding hydrogens is 392 g/mol. The predicted octanol–water partition coefficient (Wildman–Crippen LogP) is 4.54. The predicted molar refractivity (Wildman–Crippen MR) is 121 cm³/mol. The Morgan fingerprint density at radius 1 is 1.19 bits per heavy atom. The molecule has 0 radical (unpaired) electrons. The smallest absolute Gasteiger partial charge is 0.407 e. The summed E-state index contributed by atoms with van der Waals surface area (Å²) < 4.78 is 7.38. The average molecular weight is 427 g/mol. The van der Waals surface area contributed by atoms with Crippen molar-refractivity contribution >= 4 is 28.9 Å². The number of anilines is 1. The highest BCUT2D eigenvalue weighted by atomic mass is 16.6. The average Bonchev–Trinajstić information content (AvgIpc) is 2.98. The monoisotopic (exact) mass is 426 g/mol. The van der Waals surface area contributed by atoms with Crippen molar-refractivity contribution in [2.45, 2.75) is 89.8 Å². The maximum absolute atomic E-state index is 12.7. The van der Waals surface area contributed by atoms with Crippen LogP contribution < -0.4 is 11.1 Å². The van der Waals surface area contributed by atoms with E-state index in [-0.39, 0.29) is 24.1 Å². The first-order valence-corrected chi connectivity index (χ1v) is 11.5. The maximum atomic E-state index is 12.7. The van der Waals surface area contributed by atoms with Crippen LogP contribution in [0.15, 0.2) is 18.2 Å². The second-order valence-electron chi connectivity index (χ2n) is 10.1. The largest absolute Gasteiger partial charge is 0.444 e. The van der Waals surface area contributed by atoms with Gasteiger partial charge in [-0.05, 0) is 64.2 Å². The Hall–Kier alpha value is -2.57. The number of nitrogens with zero attached hydrogens (tertiary/aromatic N) is 2. The van der Waals surface area contributed by atoms with Gasteiger partial charge in [0.05, 0.1) is 11.0 Å². The fourth-order valence-electron chi connectivity index (χ4n) is 4.82. The Balaban J connectivity index is 1.39. The number of carbonyl (C=O) groups is 2. The van der Waals surface area contributed by atoms with Gasteiger partial charge >= 0.3 is 6.09 Å². The van der Waals surface area contributed by atoms with Gasteiger partial charge in [-0.3, -0.25) is 4.79 Å². The highest BCUT2D eigenvalue weighted by molar-refractivity contribution is 5.85. The molecule has 3 N–H and O–H groups in total. The number of rotatable bonds is 5. The van der Waals surface area contributed by atoms with Crippen molar-refractivity contribution < 1.29 is 14.3 Å². The summed E-state index contributed by atoms with van der Waals surface area (Å²) in [6.45, 7) is 5.56. The zero-order chi connectivity index (χ0) is 22.2. The molecule has 7 nitrogen and oxygen atoms in total. The summed E-state index contributed by atoms with van der Waals surface area (Å²) in [5, 5.41) is 2.92. The zero-order valence-corrected chi connectivity index (χ0v) is 18.8. The first-order chi connectivity index (χ1) is 14.7. The number of fused-ring (bicyclic) bond motifs is 1. The lowest BCUT2D eigenvalue weighted by atomic mass is 9.84. The summed E-state index contributed by atoms with van der Waals surface area (Å²) in [6.07, 6.45) is 7.31. The molecule has 2 fully saturated rings. The molecule has 0 spiro atoms. The first-order valence-electron chi connectivity index (χ1n) is 11.5. The number of hydrogen-bond donors (Lipinski definition) is 2. The van der Waals surface area contributed by atoms with Gasteiger partial charge < -0.3 is 20.4 Å². The number of carbonyl (C=O) groups excluding carboxylic acids is 2. The van der Waals surface area contributed by atoms with Gasteiger partial charge in [-0.15, -0.1) is 0 Å². The minimum atomic E-state index is -0.506. The Morgan fingerprint density at radius 2 is 1.90 bits per heavy atom. The number of aromatic nitrogens is 2. The van der Waals surface area contributed by atoms with E-state index in [4.69, 9.17) is 10.5 Å². The van der Waals surface area contributed by atoms with E-state index in [1.807, 2.05) is 39.0 Å². The molecule has 1 aromatic heterocycles. The number of nitrogens with two attached hydrogens (primary N) is 1. The van der Waals surface area contributed by atoms with Crippen molar-refractivity contribution in [2.75, 3.05) is 5.73 Å². The van der Waals surface area contributed by atoms with Gasteiger partial charge in [0.25, 0.3) is 0 Å². The maximum Gasteiger partial charge on any atom is 0.407 e. The van der Waals surface area contributed by atoms with Crippen LogP contribution in [0.4, 0.5) is 10.7 Å². The molecule has 168 valence electrons. The van der Waals surface area contributed by atoms with Gasteiger partial charge in [0.2, 0.25) is 5.95 Å². The minimum absolute atomic E-state index is 0.0732. The summed E-state index contributed by atoms with van der Waals surface area (Å²) >= 11 is 0. The quantitative estimate of drug-likeness (QED) is 0.731. The second kappa shape index (κ2) is 8.52. The molecule has 7 heteroatoms. The van der Waals surface area contributed by atoms with Crippen LogP contribution in [0.2, 0.25) is 0 Å². The van der Waals surface area contributed by atoms with E-state index in [1.54, 1.807) is 0 Å². The third kappa shape index (κ3) is 5.02. The minimum Gasteiger partial charge on any atom is -0.444 e. The molecule has 0 aliphatic heterocycles. The van der Waals surface area contributed by atoms with Gasteiger partial charge in [-0.1, -0.05) is 25.3 Å². The van der Waals surface area contributed by atoms with Gasteiger partial charge in [-0.2, -0.15) is 0 Å². The topological polar surface area (TPSA) is 99.2 Å². The first kappa shape index (κ1) is 21.7. The Morgan fingerprint density at radius 3 is 2.58 bits per heavy atom. The Kier molecular flexibility index (Phi) is 5.95. The summed E-state index contributed by atoms with van der Waals surface area (Å²) in [6, 6.07) is 6.31. The molecule has 4 rings (SSSR count). The molecule has 31 heavy (non-hydrogen) atoms. The van der Waals surface area contributed by atoms with Crippen LogP contribution in [-0.4, -0.2) is 33.1 Å². The van der Waals surface area contributed by atoms with Crippen molar-refractivity contribution in [3.63, 3.8) is 0 Å². The van der Waals surface area contributed by atoms with Crippen LogP contribution in [0.25, 0.3) is 11.0 Å². The van der Waals surface area contributed by atoms with E-state index in [1.165, 1.54) is 19.3 Å². The number of hydrogen-bond acceptors (Lipinski definition) is 5. The number of nitrogens with one attached hydrogen (secondary N) is 1. The fraction of sp³-hybridized carbons (Fsp3) is 0.625. The molecule has 0 bridgehead atoms. The Bertz CT molecular complexity index is 963. The van der Waals surface area contributed by atoms with Gasteiger partial charge in [0, 0.05) is 24.4 Å². The zero-order valence-electron chi connectivity index (χ0n) is 18.8. The Labute approximate surface area is 183 Å². The van der Waals surface area contributed by atoms with Crippen LogP contribution in [0.5, 0.6) is 0 Å². The number of benzene rings is 1. The van der Waals surface area contributed by atoms with Gasteiger partial charge in [0.15, 0.2) is 0 Å². The van der Waals surface area contributed by atoms with E-state index < -0.39 is 5.60 Å². The molecule has 1 aromatic carbocycles. The normalized spacial score (nSPS) is 22.2. The highest BCUT2D eigenvalue weighted by Crippen LogP contribution is 2.37. The van der Waals surface area contributed by atoms with Crippen molar-refractivity contribution in [3.8, 4) is 0 Å². The number of imidazole rings is 1. The lowest BCUT2D eigenvalue weighted by Crippen LogP contribution is -2.46. The number of alkyl carbamates (subject to hydrolysis) is 1. The lowest BCUT2D eigenvalue weighted by molar-refractivity contribution is -0.123. The van der Waals surface area contributed by atoms with Gasteiger partial charge in [0.1, 0.15) is 11.4 Å². The third-order valence-corrected chi connectivity index (χ3v) is 6.42. The van der Waals surface area contributed by atoms with Crippen LogP contribution >= 0.6 is 0 Å². The molecular formula is C24H34N4O3. The third-order valence-electron chi connectivity index (χ3n) is 6.42. The standard InChI is InChI=1S/C24H34N4O3/c1-24(2,3)31-23(30)26-17-13-18(14-17)28-20-10-9-15(11-19(20)27-22(28)25)12-21(29)16-7-5-4-6-8-16/h9-11,16-18H,4-8,12-14H2,1-3H3,(H2,25,27)(H,26,30). The summed E-state index contributed by atoms with van der Waals surface area (Å²) in [4.78, 5) is 29.2. The molecule has 2 aliphatic rings. The molecule has 0 unspecified atom stereocenters. The van der Waals surface area contributed by atoms with E-state index in [0.29, 0.717) is 18.2 Å². The fourth-order valence-corrected chi connectivity index (χ4v) is 4.82. The molecule has 0 atom stereocenters. The molecule has 0 saturated heterocycles. The molecule has 1 amide bonds. The van der Waals surface area contributed by atoms with Crippen LogP contribution in [0.3, 0.4) is 0 Å². The van der Waals surface area contributed by atoms with Crippen molar-refractivity contribution in [3.05, 3.63) is 23.8 Å². The van der Waals surface area contributed by atoms with Crippen molar-refractivity contribution in [2.24, 2.45) is 5.92 Å². The SMILES string of the molecule is CC(C)(C)OC(=O)NC1CC(n2c(N)nc3cc(CC(=O)C4CCCCC4)ccc32)C1. The van der Waals surface area contributed by atoms with E-state index >= 15 is 0 Å². The van der Waals surface area contributed by atoms with Crippen molar-refractivity contribution in [1.29, 1.82) is 0 Å². The van der Waals surface area contributed by atoms with Crippen LogP contribution in [0.1, 0.15) is 77.3 Å². The van der Waals surface area contributed by atoms with E-state index in [9.17, 15) is 9.59 Å². The number of ketones is 1. The highest BCUT2D eigenvalue weighted by Gasteiger charge is 2.34.